The zero-order valence-electron chi connectivity index (χ0n) is 19.8. The Morgan fingerprint density at radius 3 is 2.40 bits per heavy atom. The van der Waals surface area contributed by atoms with Crippen LogP contribution in [0, 0.1) is 0 Å². The summed E-state index contributed by atoms with van der Waals surface area (Å²) in [6.07, 6.45) is 4.44. The van der Waals surface area contributed by atoms with Crippen molar-refractivity contribution in [3.8, 4) is 5.88 Å². The van der Waals surface area contributed by atoms with Crippen molar-refractivity contribution in [2.75, 3.05) is 5.73 Å². The largest absolute Gasteiger partial charge is 0.463 e. The van der Waals surface area contributed by atoms with Crippen LogP contribution in [0.4, 0.5) is 11.5 Å². The Bertz CT molecular complexity index is 1290. The molecule has 0 amide bonds. The van der Waals surface area contributed by atoms with Crippen LogP contribution in [0.25, 0.3) is 0 Å². The minimum atomic E-state index is -3.81. The van der Waals surface area contributed by atoms with Crippen LogP contribution in [0.2, 0.25) is 0 Å². The molecule has 35 heavy (non-hydrogen) atoms. The number of anilines is 1. The van der Waals surface area contributed by atoms with E-state index in [4.69, 9.17) is 20.0 Å². The van der Waals surface area contributed by atoms with E-state index in [1.807, 2.05) is 19.9 Å². The van der Waals surface area contributed by atoms with Gasteiger partial charge in [-0.25, -0.2) is 9.98 Å². The van der Waals surface area contributed by atoms with Crippen LogP contribution in [-0.2, 0) is 9.09 Å². The predicted molar refractivity (Wildman–Crippen MR) is 136 cm³/mol. The molecule has 1 aliphatic carbocycles. The Hall–Kier alpha value is -3.06. The van der Waals surface area contributed by atoms with Gasteiger partial charge in [-0.2, -0.15) is 4.98 Å². The molecule has 1 atom stereocenters. The number of nitrogens with two attached hydrogens (primary N) is 1. The Morgan fingerprint density at radius 1 is 1.03 bits per heavy atom. The first-order valence-corrected chi connectivity index (χ1v) is 13.4. The van der Waals surface area contributed by atoms with Crippen molar-refractivity contribution in [2.24, 2.45) is 4.99 Å². The van der Waals surface area contributed by atoms with Crippen LogP contribution in [0.1, 0.15) is 56.6 Å². The highest BCUT2D eigenvalue weighted by Crippen LogP contribution is 2.46. The van der Waals surface area contributed by atoms with Gasteiger partial charge in [-0.3, -0.25) is 4.57 Å². The molecule has 3 aromatic rings. The first-order chi connectivity index (χ1) is 16.7. The van der Waals surface area contributed by atoms with Crippen molar-refractivity contribution in [1.29, 1.82) is 0 Å². The van der Waals surface area contributed by atoms with Crippen molar-refractivity contribution < 1.29 is 18.7 Å². The zero-order chi connectivity index (χ0) is 24.6. The van der Waals surface area contributed by atoms with Gasteiger partial charge in [0.25, 0.3) is 0 Å². The number of nitrogen functional groups attached to an aromatic ring is 1. The zero-order valence-corrected chi connectivity index (χ0v) is 20.7. The molecule has 1 saturated carbocycles. The molecular weight excluding hydrogens is 463 g/mol. The van der Waals surface area contributed by atoms with E-state index >= 15 is 0 Å². The van der Waals surface area contributed by atoms with Gasteiger partial charge in [-0.05, 0) is 63.1 Å². The Balaban J connectivity index is 1.26. The molecule has 1 aliphatic heterocycles. The molecule has 3 N–H and O–H groups in total. The van der Waals surface area contributed by atoms with E-state index in [0.29, 0.717) is 28.6 Å². The van der Waals surface area contributed by atoms with Gasteiger partial charge in [0.05, 0.1) is 17.1 Å². The number of aliphatic imine (C=N–C) groups is 1. The summed E-state index contributed by atoms with van der Waals surface area (Å²) >= 11 is 0. The number of aromatic nitrogens is 2. The molecular formula is C26H29N4O4P. The second-order valence-corrected chi connectivity index (χ2v) is 11.3. The average molecular weight is 493 g/mol. The molecule has 2 aromatic carbocycles. The summed E-state index contributed by atoms with van der Waals surface area (Å²) in [5.41, 5.74) is 8.75. The molecule has 2 aliphatic rings. The summed E-state index contributed by atoms with van der Waals surface area (Å²) in [4.78, 5) is 23.3. The van der Waals surface area contributed by atoms with Gasteiger partial charge in [0.2, 0.25) is 5.88 Å². The monoisotopic (exact) mass is 492 g/mol. The highest BCUT2D eigenvalue weighted by Gasteiger charge is 2.35. The summed E-state index contributed by atoms with van der Waals surface area (Å²) in [5, 5.41) is 0.339. The number of ether oxygens (including phenoxy) is 1. The lowest BCUT2D eigenvalue weighted by Crippen LogP contribution is -2.41. The molecule has 0 spiro atoms. The van der Waals surface area contributed by atoms with Crippen molar-refractivity contribution in [3.05, 3.63) is 72.1 Å². The van der Waals surface area contributed by atoms with Crippen LogP contribution in [-0.4, -0.2) is 32.3 Å². The smallest absolute Gasteiger partial charge is 0.359 e. The molecule has 2 heterocycles. The Morgan fingerprint density at radius 2 is 1.71 bits per heavy atom. The van der Waals surface area contributed by atoms with Gasteiger partial charge in [-0.1, -0.05) is 42.5 Å². The van der Waals surface area contributed by atoms with E-state index in [1.54, 1.807) is 24.3 Å². The quantitative estimate of drug-likeness (QED) is 0.486. The van der Waals surface area contributed by atoms with E-state index < -0.39 is 13.2 Å². The SMILES string of the molecule is CC1(C)Oc2ncnc(N)c2N=C1c1ccc(C2CCC(OP(=O)(O)c3ccccc3)CC2)cc1. The van der Waals surface area contributed by atoms with Crippen LogP contribution >= 0.6 is 7.60 Å². The third kappa shape index (κ3) is 4.87. The molecule has 1 fully saturated rings. The maximum Gasteiger partial charge on any atom is 0.359 e. The van der Waals surface area contributed by atoms with Crippen LogP contribution in [0.5, 0.6) is 5.88 Å². The fourth-order valence-electron chi connectivity index (χ4n) is 4.80. The molecule has 9 heteroatoms. The first kappa shape index (κ1) is 23.7. The lowest BCUT2D eigenvalue weighted by molar-refractivity contribution is 0.133. The molecule has 0 saturated heterocycles. The van der Waals surface area contributed by atoms with Crippen molar-refractivity contribution >= 4 is 30.1 Å². The Labute approximate surface area is 204 Å². The molecule has 1 aromatic heterocycles. The van der Waals surface area contributed by atoms with E-state index in [1.165, 1.54) is 11.9 Å². The molecule has 8 nitrogen and oxygen atoms in total. The maximum atomic E-state index is 12.7. The third-order valence-corrected chi connectivity index (χ3v) is 8.20. The van der Waals surface area contributed by atoms with Gasteiger partial charge in [0.15, 0.2) is 11.5 Å². The van der Waals surface area contributed by atoms with E-state index in [-0.39, 0.29) is 6.10 Å². The van der Waals surface area contributed by atoms with Crippen LogP contribution in [0.3, 0.4) is 0 Å². The molecule has 182 valence electrons. The lowest BCUT2D eigenvalue weighted by Gasteiger charge is -2.32. The van der Waals surface area contributed by atoms with Crippen molar-refractivity contribution in [3.63, 3.8) is 0 Å². The topological polar surface area (TPSA) is 120 Å². The van der Waals surface area contributed by atoms with Crippen molar-refractivity contribution in [2.45, 2.75) is 57.2 Å². The molecule has 5 rings (SSSR count). The number of fused-ring (bicyclic) bond motifs is 1. The average Bonchev–Trinajstić information content (AvgIpc) is 2.84. The number of nitrogens with zero attached hydrogens (tertiary/aromatic N) is 3. The number of rotatable bonds is 5. The second-order valence-electron chi connectivity index (χ2n) is 9.54. The van der Waals surface area contributed by atoms with Gasteiger partial charge >= 0.3 is 7.60 Å². The minimum absolute atomic E-state index is 0.219. The minimum Gasteiger partial charge on any atom is -0.463 e. The highest BCUT2D eigenvalue weighted by molar-refractivity contribution is 7.61. The standard InChI is InChI=1S/C26H29N4O4P/c1-26(2)23(30-22-24(27)28-16-29-25(22)33-26)19-10-8-17(9-11-19)18-12-14-20(15-13-18)34-35(31,32)21-6-4-3-5-7-21/h3-11,16,18,20H,12-15H2,1-2H3,(H,31,32)(H2,27,28,29). The number of benzene rings is 2. The Kier molecular flexibility index (Phi) is 6.21. The number of hydrogen-bond donors (Lipinski definition) is 2. The second kappa shape index (κ2) is 9.19. The molecule has 0 bridgehead atoms. The summed E-state index contributed by atoms with van der Waals surface area (Å²) in [6.45, 7) is 3.91. The predicted octanol–water partition coefficient (Wildman–Crippen LogP) is 4.90. The normalized spacial score (nSPS) is 22.9. The van der Waals surface area contributed by atoms with Gasteiger partial charge < -0.3 is 19.9 Å². The third-order valence-electron chi connectivity index (χ3n) is 6.67. The summed E-state index contributed by atoms with van der Waals surface area (Å²) in [5.74, 6) is 1.06. The number of hydrogen-bond acceptors (Lipinski definition) is 7. The maximum absolute atomic E-state index is 12.7. The van der Waals surface area contributed by atoms with E-state index in [2.05, 4.69) is 34.2 Å². The summed E-state index contributed by atoms with van der Waals surface area (Å²) in [6, 6.07) is 17.0. The first-order valence-electron chi connectivity index (χ1n) is 11.8. The van der Waals surface area contributed by atoms with E-state index in [9.17, 15) is 9.46 Å². The lowest BCUT2D eigenvalue weighted by atomic mass is 9.82. The van der Waals surface area contributed by atoms with Crippen LogP contribution < -0.4 is 15.8 Å². The fourth-order valence-corrected chi connectivity index (χ4v) is 6.08. The summed E-state index contributed by atoms with van der Waals surface area (Å²) < 4.78 is 24.4. The van der Waals surface area contributed by atoms with E-state index in [0.717, 1.165) is 37.0 Å². The van der Waals surface area contributed by atoms with Gasteiger partial charge in [0.1, 0.15) is 11.9 Å². The molecule has 1 unspecified atom stereocenters. The van der Waals surface area contributed by atoms with Crippen LogP contribution in [0.15, 0.2) is 65.9 Å². The van der Waals surface area contributed by atoms with Crippen molar-refractivity contribution in [1.82, 2.24) is 9.97 Å². The fraction of sp³-hybridized carbons (Fsp3) is 0.346. The van der Waals surface area contributed by atoms with Gasteiger partial charge in [0, 0.05) is 5.56 Å². The molecule has 0 radical (unpaired) electrons. The van der Waals surface area contributed by atoms with Gasteiger partial charge in [-0.15, -0.1) is 0 Å². The summed E-state index contributed by atoms with van der Waals surface area (Å²) in [7, 11) is -3.81. The highest BCUT2D eigenvalue weighted by atomic mass is 31.2.